The van der Waals surface area contributed by atoms with Crippen LogP contribution in [0.25, 0.3) is 11.3 Å². The zero-order valence-electron chi connectivity index (χ0n) is 18.8. The number of aliphatic imine (C=N–C) groups is 1. The molecule has 2 aromatic heterocycles. The molecule has 0 spiro atoms. The summed E-state index contributed by atoms with van der Waals surface area (Å²) in [5.41, 5.74) is 5.04. The van der Waals surface area contributed by atoms with Crippen molar-refractivity contribution in [1.29, 1.82) is 0 Å². The number of allylic oxidation sites excluding steroid dienone is 2. The summed E-state index contributed by atoms with van der Waals surface area (Å²) in [4.78, 5) is 16.8. The van der Waals surface area contributed by atoms with E-state index in [1.54, 1.807) is 12.5 Å². The molecule has 0 bridgehead atoms. The van der Waals surface area contributed by atoms with Crippen LogP contribution in [0.15, 0.2) is 83.9 Å². The zero-order chi connectivity index (χ0) is 22.8. The number of pyridine rings is 1. The van der Waals surface area contributed by atoms with Crippen molar-refractivity contribution in [2.75, 3.05) is 18.5 Å². The number of anilines is 1. The van der Waals surface area contributed by atoms with Gasteiger partial charge in [0, 0.05) is 42.2 Å². The fourth-order valence-corrected chi connectivity index (χ4v) is 3.13. The molecule has 164 valence electrons. The summed E-state index contributed by atoms with van der Waals surface area (Å²) in [5, 5.41) is 3.43. The maximum atomic E-state index is 6.08. The van der Waals surface area contributed by atoms with Gasteiger partial charge in [-0.25, -0.2) is 9.97 Å². The van der Waals surface area contributed by atoms with Gasteiger partial charge in [0.25, 0.3) is 0 Å². The Balaban J connectivity index is 1.64. The van der Waals surface area contributed by atoms with E-state index < -0.39 is 0 Å². The molecule has 0 aliphatic rings. The van der Waals surface area contributed by atoms with Crippen molar-refractivity contribution in [3.8, 4) is 17.0 Å². The highest BCUT2D eigenvalue weighted by Gasteiger charge is 2.12. The second-order valence-electron chi connectivity index (χ2n) is 7.62. The predicted octanol–water partition coefficient (Wildman–Crippen LogP) is 5.60. The van der Waals surface area contributed by atoms with Gasteiger partial charge < -0.3 is 10.1 Å². The van der Waals surface area contributed by atoms with Crippen LogP contribution in [0.3, 0.4) is 0 Å². The van der Waals surface area contributed by atoms with Crippen LogP contribution >= 0.6 is 0 Å². The summed E-state index contributed by atoms with van der Waals surface area (Å²) in [6.07, 6.45) is 8.88. The quantitative estimate of drug-likeness (QED) is 0.337. The van der Waals surface area contributed by atoms with Crippen molar-refractivity contribution in [3.63, 3.8) is 0 Å². The largest absolute Gasteiger partial charge is 0.489 e. The van der Waals surface area contributed by atoms with Crippen LogP contribution in [0.5, 0.6) is 5.75 Å². The van der Waals surface area contributed by atoms with Crippen LogP contribution < -0.4 is 10.1 Å². The van der Waals surface area contributed by atoms with Crippen LogP contribution in [0, 0.1) is 6.92 Å². The van der Waals surface area contributed by atoms with Gasteiger partial charge in [0.05, 0.1) is 5.69 Å². The summed E-state index contributed by atoms with van der Waals surface area (Å²) in [7, 11) is 0. The third-order valence-corrected chi connectivity index (χ3v) is 4.94. The Labute approximate surface area is 189 Å². The standard InChI is InChI=1S/C26H29N5O/c1-19(8-7-13-27-4)17-32-25-10-6-5-9-23(25)20(2)15-29-26-14-24(30-18-31-26)22-12-11-21(3)28-16-22/h5-14,16,18,20H,4,15,17H2,1-3H3,(H,29,30,31)/b13-7-,19-8+. The van der Waals surface area contributed by atoms with Crippen molar-refractivity contribution < 1.29 is 4.74 Å². The number of aryl methyl sites for hydroxylation is 1. The van der Waals surface area contributed by atoms with Crippen LogP contribution in [0.4, 0.5) is 5.82 Å². The maximum absolute atomic E-state index is 6.08. The third-order valence-electron chi connectivity index (χ3n) is 4.94. The maximum Gasteiger partial charge on any atom is 0.129 e. The first kappa shape index (κ1) is 22.9. The second-order valence-corrected chi connectivity index (χ2v) is 7.62. The van der Waals surface area contributed by atoms with E-state index in [0.29, 0.717) is 13.2 Å². The zero-order valence-corrected chi connectivity index (χ0v) is 18.8. The Morgan fingerprint density at radius 2 is 2.03 bits per heavy atom. The van der Waals surface area contributed by atoms with Crippen molar-refractivity contribution in [2.24, 2.45) is 4.99 Å². The van der Waals surface area contributed by atoms with Gasteiger partial charge >= 0.3 is 0 Å². The van der Waals surface area contributed by atoms with Crippen LogP contribution in [-0.4, -0.2) is 34.8 Å². The van der Waals surface area contributed by atoms with E-state index in [1.165, 1.54) is 0 Å². The van der Waals surface area contributed by atoms with Crippen molar-refractivity contribution in [1.82, 2.24) is 15.0 Å². The first-order valence-corrected chi connectivity index (χ1v) is 10.6. The van der Waals surface area contributed by atoms with Gasteiger partial charge in [-0.3, -0.25) is 9.98 Å². The molecule has 2 heterocycles. The molecule has 0 aliphatic heterocycles. The molecule has 1 unspecified atom stereocenters. The van der Waals surface area contributed by atoms with Crippen molar-refractivity contribution in [3.05, 3.63) is 90.2 Å². The highest BCUT2D eigenvalue weighted by atomic mass is 16.5. The third kappa shape index (κ3) is 6.60. The van der Waals surface area contributed by atoms with Gasteiger partial charge in [-0.1, -0.05) is 31.2 Å². The number of hydrogen-bond acceptors (Lipinski definition) is 6. The van der Waals surface area contributed by atoms with E-state index in [9.17, 15) is 0 Å². The molecule has 0 fully saturated rings. The number of nitrogens with one attached hydrogen (secondary N) is 1. The molecule has 6 heteroatoms. The molecule has 0 amide bonds. The summed E-state index contributed by atoms with van der Waals surface area (Å²) in [5.74, 6) is 1.89. The molecule has 3 aromatic rings. The molecule has 3 rings (SSSR count). The average Bonchev–Trinajstić information content (AvgIpc) is 2.82. The van der Waals surface area contributed by atoms with Crippen LogP contribution in [-0.2, 0) is 0 Å². The Bertz CT molecular complexity index is 1090. The van der Waals surface area contributed by atoms with Crippen LogP contribution in [0.1, 0.15) is 31.0 Å². The number of nitrogens with zero attached hydrogens (tertiary/aromatic N) is 4. The monoisotopic (exact) mass is 427 g/mol. The topological polar surface area (TPSA) is 72.3 Å². The van der Waals surface area contributed by atoms with Gasteiger partial charge in [-0.2, -0.15) is 0 Å². The van der Waals surface area contributed by atoms with E-state index in [0.717, 1.165) is 39.7 Å². The molecule has 1 aromatic carbocycles. The van der Waals surface area contributed by atoms with E-state index >= 15 is 0 Å². The number of rotatable bonds is 10. The minimum absolute atomic E-state index is 0.222. The lowest BCUT2D eigenvalue weighted by atomic mass is 10.00. The predicted molar refractivity (Wildman–Crippen MR) is 131 cm³/mol. The number of hydrogen-bond donors (Lipinski definition) is 1. The summed E-state index contributed by atoms with van der Waals surface area (Å²) in [6, 6.07) is 14.1. The van der Waals surface area contributed by atoms with Gasteiger partial charge in [-0.05, 0) is 56.0 Å². The Hall–Kier alpha value is -3.80. The average molecular weight is 428 g/mol. The van der Waals surface area contributed by atoms with Gasteiger partial charge in [0.15, 0.2) is 0 Å². The lowest BCUT2D eigenvalue weighted by molar-refractivity contribution is 0.346. The lowest BCUT2D eigenvalue weighted by Gasteiger charge is -2.18. The SMILES string of the molecule is C=N/C=C\C=C(/C)COc1ccccc1C(C)CNc1cc(-c2ccc(C)nc2)ncn1. The van der Waals surface area contributed by atoms with Gasteiger partial charge in [0.2, 0.25) is 0 Å². The first-order valence-electron chi connectivity index (χ1n) is 10.6. The molecular weight excluding hydrogens is 398 g/mol. The minimum Gasteiger partial charge on any atom is -0.489 e. The highest BCUT2D eigenvalue weighted by molar-refractivity contribution is 5.61. The van der Waals surface area contributed by atoms with E-state index in [2.05, 4.69) is 45.0 Å². The number of aromatic nitrogens is 3. The molecule has 0 aliphatic carbocycles. The molecule has 0 saturated carbocycles. The normalized spacial score (nSPS) is 12.5. The summed E-state index contributed by atoms with van der Waals surface area (Å²) < 4.78 is 6.08. The number of ether oxygens (including phenoxy) is 1. The minimum atomic E-state index is 0.222. The van der Waals surface area contributed by atoms with E-state index in [-0.39, 0.29) is 5.92 Å². The molecule has 0 saturated heterocycles. The Morgan fingerprint density at radius 3 is 2.81 bits per heavy atom. The fraction of sp³-hybridized carbons (Fsp3) is 0.231. The van der Waals surface area contributed by atoms with Gasteiger partial charge in [-0.15, -0.1) is 0 Å². The van der Waals surface area contributed by atoms with Gasteiger partial charge in [0.1, 0.15) is 24.5 Å². The Kier molecular flexibility index (Phi) is 8.26. The highest BCUT2D eigenvalue weighted by Crippen LogP contribution is 2.27. The molecule has 6 nitrogen and oxygen atoms in total. The van der Waals surface area contributed by atoms with E-state index in [4.69, 9.17) is 4.74 Å². The molecule has 1 atom stereocenters. The summed E-state index contributed by atoms with van der Waals surface area (Å²) >= 11 is 0. The number of para-hydroxylation sites is 1. The second kappa shape index (κ2) is 11.6. The van der Waals surface area contributed by atoms with E-state index in [1.807, 2.05) is 68.6 Å². The lowest BCUT2D eigenvalue weighted by Crippen LogP contribution is -2.12. The molecule has 0 radical (unpaired) electrons. The van der Waals surface area contributed by atoms with Crippen molar-refractivity contribution in [2.45, 2.75) is 26.7 Å². The smallest absolute Gasteiger partial charge is 0.129 e. The number of benzene rings is 1. The van der Waals surface area contributed by atoms with Crippen molar-refractivity contribution >= 4 is 12.5 Å². The van der Waals surface area contributed by atoms with Crippen LogP contribution in [0.2, 0.25) is 0 Å². The first-order chi connectivity index (χ1) is 15.6. The Morgan fingerprint density at radius 1 is 1.19 bits per heavy atom. The molecule has 32 heavy (non-hydrogen) atoms. The fourth-order valence-electron chi connectivity index (χ4n) is 3.13. The molecule has 1 N–H and O–H groups in total. The summed E-state index contributed by atoms with van der Waals surface area (Å²) in [6.45, 7) is 10.8. The molecular formula is C26H29N5O.